The SMILES string of the molecule is CCCN(C(=O)c1nc(S(C)(=O)=O)n2ccccc12)C1CCNCC1. The average molecular weight is 364 g/mol. The topological polar surface area (TPSA) is 83.8 Å². The van der Waals surface area contributed by atoms with Crippen LogP contribution in [0, 0.1) is 0 Å². The molecule has 136 valence electrons. The van der Waals surface area contributed by atoms with Crippen molar-refractivity contribution in [3.8, 4) is 0 Å². The van der Waals surface area contributed by atoms with Crippen LogP contribution in [-0.2, 0) is 9.84 Å². The lowest BCUT2D eigenvalue weighted by molar-refractivity contribution is 0.0639. The van der Waals surface area contributed by atoms with E-state index in [9.17, 15) is 13.2 Å². The molecule has 3 heterocycles. The molecule has 7 nitrogen and oxygen atoms in total. The van der Waals surface area contributed by atoms with Gasteiger partial charge >= 0.3 is 0 Å². The number of rotatable bonds is 5. The average Bonchev–Trinajstić information content (AvgIpc) is 3.00. The highest BCUT2D eigenvalue weighted by molar-refractivity contribution is 7.90. The monoisotopic (exact) mass is 364 g/mol. The molecule has 1 amide bonds. The lowest BCUT2D eigenvalue weighted by Gasteiger charge is -2.34. The fourth-order valence-corrected chi connectivity index (χ4v) is 4.15. The molecule has 0 unspecified atom stereocenters. The van der Waals surface area contributed by atoms with E-state index < -0.39 is 9.84 Å². The predicted octanol–water partition coefficient (Wildman–Crippen LogP) is 1.34. The number of aromatic nitrogens is 2. The first kappa shape index (κ1) is 17.9. The van der Waals surface area contributed by atoms with E-state index in [4.69, 9.17) is 0 Å². The number of nitrogens with zero attached hydrogens (tertiary/aromatic N) is 3. The van der Waals surface area contributed by atoms with Crippen molar-refractivity contribution in [1.82, 2.24) is 19.6 Å². The van der Waals surface area contributed by atoms with Gasteiger partial charge in [0, 0.05) is 25.0 Å². The largest absolute Gasteiger partial charge is 0.334 e. The standard InChI is InChI=1S/C17H24N4O3S/c1-3-11-20(13-7-9-18-10-8-13)16(22)15-14-6-4-5-12-21(14)17(19-15)25(2,23)24/h4-6,12-13,18H,3,7-11H2,1-2H3. The summed E-state index contributed by atoms with van der Waals surface area (Å²) in [5.74, 6) is -0.188. The van der Waals surface area contributed by atoms with Crippen molar-refractivity contribution < 1.29 is 13.2 Å². The van der Waals surface area contributed by atoms with Gasteiger partial charge in [0.15, 0.2) is 5.69 Å². The van der Waals surface area contributed by atoms with Gasteiger partial charge in [0.05, 0.1) is 5.52 Å². The first-order valence-electron chi connectivity index (χ1n) is 8.62. The Morgan fingerprint density at radius 2 is 2.08 bits per heavy atom. The number of hydrogen-bond donors (Lipinski definition) is 1. The van der Waals surface area contributed by atoms with Crippen LogP contribution in [0.4, 0.5) is 0 Å². The van der Waals surface area contributed by atoms with E-state index >= 15 is 0 Å². The normalized spacial score (nSPS) is 16.2. The van der Waals surface area contributed by atoms with Gasteiger partial charge in [-0.2, -0.15) is 0 Å². The molecule has 0 aliphatic carbocycles. The van der Waals surface area contributed by atoms with Crippen LogP contribution in [0.25, 0.3) is 5.52 Å². The lowest BCUT2D eigenvalue weighted by Crippen LogP contribution is -2.46. The molecular formula is C17H24N4O3S. The lowest BCUT2D eigenvalue weighted by atomic mass is 10.0. The van der Waals surface area contributed by atoms with Gasteiger partial charge in [-0.15, -0.1) is 0 Å². The number of fused-ring (bicyclic) bond motifs is 1. The van der Waals surface area contributed by atoms with Crippen LogP contribution < -0.4 is 5.32 Å². The molecule has 0 bridgehead atoms. The molecule has 2 aromatic heterocycles. The molecule has 1 saturated heterocycles. The third kappa shape index (κ3) is 3.55. The fraction of sp³-hybridized carbons (Fsp3) is 0.529. The van der Waals surface area contributed by atoms with Crippen LogP contribution in [0.5, 0.6) is 0 Å². The van der Waals surface area contributed by atoms with E-state index in [2.05, 4.69) is 10.3 Å². The van der Waals surface area contributed by atoms with Gasteiger partial charge in [-0.1, -0.05) is 13.0 Å². The molecular weight excluding hydrogens is 340 g/mol. The number of amides is 1. The summed E-state index contributed by atoms with van der Waals surface area (Å²) in [4.78, 5) is 19.3. The summed E-state index contributed by atoms with van der Waals surface area (Å²) in [5, 5.41) is 3.22. The number of hydrogen-bond acceptors (Lipinski definition) is 5. The molecule has 3 rings (SSSR count). The zero-order chi connectivity index (χ0) is 18.0. The van der Waals surface area contributed by atoms with E-state index in [0.717, 1.165) is 38.6 Å². The molecule has 1 N–H and O–H groups in total. The summed E-state index contributed by atoms with van der Waals surface area (Å²) >= 11 is 0. The van der Waals surface area contributed by atoms with Crippen LogP contribution in [0.3, 0.4) is 0 Å². The quantitative estimate of drug-likeness (QED) is 0.866. The Hall–Kier alpha value is -1.93. The van der Waals surface area contributed by atoms with Gasteiger partial charge < -0.3 is 10.2 Å². The molecule has 2 aromatic rings. The van der Waals surface area contributed by atoms with Crippen molar-refractivity contribution in [2.24, 2.45) is 0 Å². The molecule has 8 heteroatoms. The number of carbonyl (C=O) groups is 1. The number of carbonyl (C=O) groups excluding carboxylic acids is 1. The zero-order valence-electron chi connectivity index (χ0n) is 14.6. The van der Waals surface area contributed by atoms with Crippen LogP contribution in [0.2, 0.25) is 0 Å². The highest BCUT2D eigenvalue weighted by Gasteiger charge is 2.30. The van der Waals surface area contributed by atoms with Crippen molar-refractivity contribution in [2.45, 2.75) is 37.4 Å². The summed E-state index contributed by atoms with van der Waals surface area (Å²) in [5.41, 5.74) is 0.746. The molecule has 0 spiro atoms. The minimum Gasteiger partial charge on any atom is -0.334 e. The maximum atomic E-state index is 13.2. The van der Waals surface area contributed by atoms with E-state index in [-0.39, 0.29) is 22.8 Å². The third-order valence-electron chi connectivity index (χ3n) is 4.53. The maximum Gasteiger partial charge on any atom is 0.275 e. The van der Waals surface area contributed by atoms with E-state index in [1.165, 1.54) is 4.40 Å². The Morgan fingerprint density at radius 1 is 1.36 bits per heavy atom. The molecule has 1 aliphatic rings. The summed E-state index contributed by atoms with van der Waals surface area (Å²) < 4.78 is 25.6. The van der Waals surface area contributed by atoms with Gasteiger partial charge in [-0.3, -0.25) is 9.20 Å². The minimum atomic E-state index is -3.53. The second-order valence-corrected chi connectivity index (χ2v) is 8.36. The first-order valence-corrected chi connectivity index (χ1v) is 10.5. The van der Waals surface area contributed by atoms with Crippen LogP contribution in [0.15, 0.2) is 29.6 Å². The molecule has 0 aromatic carbocycles. The zero-order valence-corrected chi connectivity index (χ0v) is 15.4. The number of piperidine rings is 1. The van der Waals surface area contributed by atoms with Crippen molar-refractivity contribution in [3.63, 3.8) is 0 Å². The Labute approximate surface area is 148 Å². The Bertz CT molecular complexity index is 869. The Balaban J connectivity index is 2.06. The van der Waals surface area contributed by atoms with Crippen LogP contribution in [-0.4, -0.2) is 60.5 Å². The predicted molar refractivity (Wildman–Crippen MR) is 95.5 cm³/mol. The van der Waals surface area contributed by atoms with Crippen molar-refractivity contribution >= 4 is 21.3 Å². The van der Waals surface area contributed by atoms with E-state index in [0.29, 0.717) is 12.1 Å². The van der Waals surface area contributed by atoms with Crippen LogP contribution in [0.1, 0.15) is 36.7 Å². The second-order valence-electron chi connectivity index (χ2n) is 6.45. The third-order valence-corrected chi connectivity index (χ3v) is 5.48. The van der Waals surface area contributed by atoms with Crippen molar-refractivity contribution in [1.29, 1.82) is 0 Å². The molecule has 0 atom stereocenters. The van der Waals surface area contributed by atoms with Crippen LogP contribution >= 0.6 is 0 Å². The summed E-state index contributed by atoms with van der Waals surface area (Å²) in [6.07, 6.45) is 5.39. The summed E-state index contributed by atoms with van der Waals surface area (Å²) in [6.45, 7) is 4.45. The summed E-state index contributed by atoms with van der Waals surface area (Å²) in [6, 6.07) is 5.42. The highest BCUT2D eigenvalue weighted by atomic mass is 32.2. The second kappa shape index (κ2) is 7.13. The van der Waals surface area contributed by atoms with E-state index in [1.807, 2.05) is 11.8 Å². The van der Waals surface area contributed by atoms with Gasteiger partial charge in [0.2, 0.25) is 15.0 Å². The minimum absolute atomic E-state index is 0.0896. The molecule has 1 aliphatic heterocycles. The van der Waals surface area contributed by atoms with Crippen molar-refractivity contribution in [3.05, 3.63) is 30.1 Å². The van der Waals surface area contributed by atoms with Gasteiger partial charge in [0.25, 0.3) is 5.91 Å². The smallest absolute Gasteiger partial charge is 0.275 e. The Kier molecular flexibility index (Phi) is 5.10. The highest BCUT2D eigenvalue weighted by Crippen LogP contribution is 2.21. The molecule has 0 saturated carbocycles. The molecule has 25 heavy (non-hydrogen) atoms. The maximum absolute atomic E-state index is 13.2. The number of imidazole rings is 1. The summed E-state index contributed by atoms with van der Waals surface area (Å²) in [7, 11) is -3.53. The van der Waals surface area contributed by atoms with E-state index in [1.54, 1.807) is 24.4 Å². The van der Waals surface area contributed by atoms with Gasteiger partial charge in [-0.25, -0.2) is 13.4 Å². The number of pyridine rings is 1. The first-order chi connectivity index (χ1) is 11.9. The molecule has 1 fully saturated rings. The number of sulfone groups is 1. The number of nitrogens with one attached hydrogen (secondary N) is 1. The Morgan fingerprint density at radius 3 is 2.72 bits per heavy atom. The fourth-order valence-electron chi connectivity index (χ4n) is 3.37. The van der Waals surface area contributed by atoms with Gasteiger partial charge in [0.1, 0.15) is 0 Å². The van der Waals surface area contributed by atoms with Crippen molar-refractivity contribution in [2.75, 3.05) is 25.9 Å². The molecule has 0 radical (unpaired) electrons. The van der Waals surface area contributed by atoms with Gasteiger partial charge in [-0.05, 0) is 44.5 Å².